The minimum absolute atomic E-state index is 0.0431. The second-order valence-electron chi connectivity index (χ2n) is 5.67. The normalized spacial score (nSPS) is 10.9. The maximum absolute atomic E-state index is 12.1. The van der Waals surface area contributed by atoms with Gasteiger partial charge in [0.25, 0.3) is 11.6 Å². The lowest BCUT2D eigenvalue weighted by molar-refractivity contribution is -0.384. The highest BCUT2D eigenvalue weighted by molar-refractivity contribution is 6.33. The van der Waals surface area contributed by atoms with E-state index in [-0.39, 0.29) is 28.6 Å². The molecule has 2 rings (SSSR count). The topological polar surface area (TPSA) is 123 Å². The average Bonchev–Trinajstić information content (AvgIpc) is 2.65. The van der Waals surface area contributed by atoms with Gasteiger partial charge in [0, 0.05) is 29.1 Å². The summed E-state index contributed by atoms with van der Waals surface area (Å²) in [5.74, 6) is -0.316. The number of rotatable bonds is 7. The molecule has 0 saturated carbocycles. The monoisotopic (exact) mass is 404 g/mol. The average molecular weight is 405 g/mol. The number of halogens is 1. The van der Waals surface area contributed by atoms with Gasteiger partial charge in [-0.3, -0.25) is 19.7 Å². The minimum atomic E-state index is -0.646. The summed E-state index contributed by atoms with van der Waals surface area (Å²) >= 11 is 5.78. The quantitative estimate of drug-likeness (QED) is 0.416. The first-order chi connectivity index (χ1) is 13.3. The highest BCUT2D eigenvalue weighted by atomic mass is 35.5. The Balaban J connectivity index is 1.94. The SMILES string of the molecule is COc1cccc(NC(=O)C/C(C)=N\NC(=O)c2ccc([N+](=O)[O-])c(Cl)c2)c1. The number of carbonyl (C=O) groups is 2. The van der Waals surface area contributed by atoms with Crippen LogP contribution in [0.4, 0.5) is 11.4 Å². The lowest BCUT2D eigenvalue weighted by Crippen LogP contribution is -2.21. The van der Waals surface area contributed by atoms with Gasteiger partial charge in [0.2, 0.25) is 5.91 Å². The number of benzene rings is 2. The van der Waals surface area contributed by atoms with E-state index >= 15 is 0 Å². The van der Waals surface area contributed by atoms with Crippen molar-refractivity contribution in [2.75, 3.05) is 12.4 Å². The zero-order valence-electron chi connectivity index (χ0n) is 15.1. The zero-order chi connectivity index (χ0) is 20.7. The molecule has 0 aliphatic carbocycles. The molecule has 0 spiro atoms. The molecule has 0 atom stereocenters. The summed E-state index contributed by atoms with van der Waals surface area (Å²) in [5, 5.41) is 17.1. The fourth-order valence-corrected chi connectivity index (χ4v) is 2.43. The Kier molecular flexibility index (Phi) is 7.05. The van der Waals surface area contributed by atoms with Gasteiger partial charge in [-0.15, -0.1) is 0 Å². The molecule has 2 amide bonds. The van der Waals surface area contributed by atoms with E-state index in [0.29, 0.717) is 17.1 Å². The third kappa shape index (κ3) is 5.78. The lowest BCUT2D eigenvalue weighted by atomic mass is 10.2. The van der Waals surface area contributed by atoms with Crippen LogP contribution in [0.5, 0.6) is 5.75 Å². The van der Waals surface area contributed by atoms with Gasteiger partial charge in [0.05, 0.1) is 18.5 Å². The van der Waals surface area contributed by atoms with Gasteiger partial charge < -0.3 is 10.1 Å². The third-order valence-corrected chi connectivity index (χ3v) is 3.83. The van der Waals surface area contributed by atoms with Crippen LogP contribution in [0.3, 0.4) is 0 Å². The van der Waals surface area contributed by atoms with Gasteiger partial charge in [0.1, 0.15) is 10.8 Å². The molecule has 0 radical (unpaired) electrons. The zero-order valence-corrected chi connectivity index (χ0v) is 15.8. The van der Waals surface area contributed by atoms with Crippen molar-refractivity contribution >= 4 is 40.5 Å². The Morgan fingerprint density at radius 2 is 2.00 bits per heavy atom. The van der Waals surface area contributed by atoms with Crippen molar-refractivity contribution in [2.45, 2.75) is 13.3 Å². The van der Waals surface area contributed by atoms with Crippen molar-refractivity contribution in [1.82, 2.24) is 5.43 Å². The molecule has 0 aliphatic heterocycles. The Morgan fingerprint density at radius 3 is 2.64 bits per heavy atom. The van der Waals surface area contributed by atoms with E-state index in [9.17, 15) is 19.7 Å². The number of nitro groups is 1. The van der Waals surface area contributed by atoms with Gasteiger partial charge in [-0.1, -0.05) is 17.7 Å². The molecule has 0 bridgehead atoms. The van der Waals surface area contributed by atoms with Gasteiger partial charge in [-0.25, -0.2) is 5.43 Å². The first kappa shape index (κ1) is 20.8. The maximum Gasteiger partial charge on any atom is 0.287 e. The fourth-order valence-electron chi connectivity index (χ4n) is 2.18. The highest BCUT2D eigenvalue weighted by Gasteiger charge is 2.15. The van der Waals surface area contributed by atoms with Crippen molar-refractivity contribution in [3.63, 3.8) is 0 Å². The molecule has 28 heavy (non-hydrogen) atoms. The largest absolute Gasteiger partial charge is 0.497 e. The molecule has 146 valence electrons. The molecule has 0 saturated heterocycles. The smallest absolute Gasteiger partial charge is 0.287 e. The third-order valence-electron chi connectivity index (χ3n) is 3.52. The van der Waals surface area contributed by atoms with Crippen molar-refractivity contribution in [2.24, 2.45) is 5.10 Å². The molecule has 10 heteroatoms. The van der Waals surface area contributed by atoms with Crippen molar-refractivity contribution in [1.29, 1.82) is 0 Å². The second kappa shape index (κ2) is 9.47. The van der Waals surface area contributed by atoms with Crippen LogP contribution in [0.1, 0.15) is 23.7 Å². The summed E-state index contributed by atoms with van der Waals surface area (Å²) in [6.45, 7) is 1.58. The molecule has 0 unspecified atom stereocenters. The van der Waals surface area contributed by atoms with E-state index in [1.165, 1.54) is 19.2 Å². The number of hydrogen-bond donors (Lipinski definition) is 2. The summed E-state index contributed by atoms with van der Waals surface area (Å²) < 4.78 is 5.08. The number of nitrogens with one attached hydrogen (secondary N) is 2. The highest BCUT2D eigenvalue weighted by Crippen LogP contribution is 2.24. The molecule has 0 heterocycles. The number of anilines is 1. The molecule has 9 nitrogen and oxygen atoms in total. The number of carbonyl (C=O) groups excluding carboxylic acids is 2. The predicted molar refractivity (Wildman–Crippen MR) is 105 cm³/mol. The summed E-state index contributed by atoms with van der Waals surface area (Å²) in [7, 11) is 1.53. The van der Waals surface area contributed by atoms with Gasteiger partial charge in [0.15, 0.2) is 0 Å². The molecule has 2 aromatic rings. The van der Waals surface area contributed by atoms with Gasteiger partial charge in [-0.05, 0) is 31.2 Å². The van der Waals surface area contributed by atoms with Gasteiger partial charge in [-0.2, -0.15) is 5.10 Å². The molecular weight excluding hydrogens is 388 g/mol. The predicted octanol–water partition coefficient (Wildman–Crippen LogP) is 3.39. The van der Waals surface area contributed by atoms with E-state index in [2.05, 4.69) is 15.8 Å². The Hall–Kier alpha value is -3.46. The standard InChI is InChI=1S/C18H17ClN4O5/c1-11(8-17(24)20-13-4-3-5-14(10-13)28-2)21-22-18(25)12-6-7-16(23(26)27)15(19)9-12/h3-7,9-10H,8H2,1-2H3,(H,20,24)(H,22,25)/b21-11-. The maximum atomic E-state index is 12.1. The van der Waals surface area contributed by atoms with E-state index in [4.69, 9.17) is 16.3 Å². The van der Waals surface area contributed by atoms with E-state index < -0.39 is 10.8 Å². The molecule has 2 N–H and O–H groups in total. The van der Waals surface area contributed by atoms with Crippen LogP contribution in [0.15, 0.2) is 47.6 Å². The number of nitro benzene ring substituents is 1. The van der Waals surface area contributed by atoms with Crippen LogP contribution in [0, 0.1) is 10.1 Å². The number of nitrogens with zero attached hydrogens (tertiary/aromatic N) is 2. The molecule has 0 aromatic heterocycles. The van der Waals surface area contributed by atoms with Crippen LogP contribution < -0.4 is 15.5 Å². The molecule has 0 aliphatic rings. The van der Waals surface area contributed by atoms with E-state index in [1.807, 2.05) is 0 Å². The van der Waals surface area contributed by atoms with Crippen LogP contribution >= 0.6 is 11.6 Å². The van der Waals surface area contributed by atoms with E-state index in [1.54, 1.807) is 31.2 Å². The van der Waals surface area contributed by atoms with Gasteiger partial charge >= 0.3 is 0 Å². The van der Waals surface area contributed by atoms with Crippen molar-refractivity contribution in [3.8, 4) is 5.75 Å². The molecular formula is C18H17ClN4O5. The lowest BCUT2D eigenvalue weighted by Gasteiger charge is -2.07. The van der Waals surface area contributed by atoms with Crippen molar-refractivity contribution in [3.05, 3.63) is 63.2 Å². The number of hydrogen-bond acceptors (Lipinski definition) is 6. The summed E-state index contributed by atoms with van der Waals surface area (Å²) in [4.78, 5) is 34.2. The first-order valence-corrected chi connectivity index (χ1v) is 8.39. The number of amides is 2. The number of methoxy groups -OCH3 is 1. The Bertz CT molecular complexity index is 945. The van der Waals surface area contributed by atoms with Crippen LogP contribution in [0.2, 0.25) is 5.02 Å². The van der Waals surface area contributed by atoms with E-state index in [0.717, 1.165) is 6.07 Å². The van der Waals surface area contributed by atoms with Crippen molar-refractivity contribution < 1.29 is 19.2 Å². The first-order valence-electron chi connectivity index (χ1n) is 8.01. The Morgan fingerprint density at radius 1 is 1.25 bits per heavy atom. The van der Waals surface area contributed by atoms with Crippen LogP contribution in [0.25, 0.3) is 0 Å². The second-order valence-corrected chi connectivity index (χ2v) is 6.08. The minimum Gasteiger partial charge on any atom is -0.497 e. The number of hydrazone groups is 1. The number of ether oxygens (including phenoxy) is 1. The summed E-state index contributed by atoms with van der Waals surface area (Å²) in [6.07, 6.45) is -0.0431. The molecule has 2 aromatic carbocycles. The Labute approximate surface area is 165 Å². The summed E-state index contributed by atoms with van der Waals surface area (Å²) in [6, 6.07) is 10.5. The van der Waals surface area contributed by atoms with Crippen LogP contribution in [-0.4, -0.2) is 29.6 Å². The summed E-state index contributed by atoms with van der Waals surface area (Å²) in [5.41, 5.74) is 3.02. The van der Waals surface area contributed by atoms with Crippen LogP contribution in [-0.2, 0) is 4.79 Å². The molecule has 0 fully saturated rings. The fraction of sp³-hybridized carbons (Fsp3) is 0.167.